The summed E-state index contributed by atoms with van der Waals surface area (Å²) in [7, 11) is 0. The largest absolute Gasteiger partial charge is 0.339 e. The van der Waals surface area contributed by atoms with Crippen LogP contribution in [0.2, 0.25) is 0 Å². The monoisotopic (exact) mass is 320 g/mol. The lowest BCUT2D eigenvalue weighted by Crippen LogP contribution is -2.30. The molecule has 0 bridgehead atoms. The van der Waals surface area contributed by atoms with Gasteiger partial charge in [-0.2, -0.15) is 0 Å². The highest BCUT2D eigenvalue weighted by atomic mass is 16.2. The van der Waals surface area contributed by atoms with Crippen LogP contribution in [0.15, 0.2) is 48.5 Å². The Bertz CT molecular complexity index is 801. The van der Waals surface area contributed by atoms with Crippen LogP contribution in [-0.2, 0) is 0 Å². The van der Waals surface area contributed by atoms with E-state index in [-0.39, 0.29) is 17.7 Å². The summed E-state index contributed by atoms with van der Waals surface area (Å²) in [6.07, 6.45) is 2.08. The molecule has 2 aliphatic heterocycles. The van der Waals surface area contributed by atoms with Gasteiger partial charge in [-0.25, -0.2) is 4.90 Å². The van der Waals surface area contributed by atoms with Crippen LogP contribution in [0.3, 0.4) is 0 Å². The number of likely N-dealkylation sites (tertiary alicyclic amines) is 1. The average Bonchev–Trinajstić information content (AvgIpc) is 3.23. The van der Waals surface area contributed by atoms with Gasteiger partial charge in [0.1, 0.15) is 0 Å². The normalized spacial score (nSPS) is 16.7. The third-order valence-corrected chi connectivity index (χ3v) is 4.56. The molecule has 24 heavy (non-hydrogen) atoms. The highest BCUT2D eigenvalue weighted by molar-refractivity contribution is 6.34. The van der Waals surface area contributed by atoms with Gasteiger partial charge in [-0.1, -0.05) is 12.1 Å². The molecule has 5 nitrogen and oxygen atoms in total. The van der Waals surface area contributed by atoms with E-state index in [0.717, 1.165) is 30.8 Å². The van der Waals surface area contributed by atoms with Gasteiger partial charge in [-0.05, 0) is 49.2 Å². The second-order valence-corrected chi connectivity index (χ2v) is 6.04. The number of carbonyl (C=O) groups excluding carboxylic acids is 3. The first-order valence-corrected chi connectivity index (χ1v) is 8.04. The maximum atomic E-state index is 12.5. The van der Waals surface area contributed by atoms with Crippen molar-refractivity contribution >= 4 is 23.4 Å². The summed E-state index contributed by atoms with van der Waals surface area (Å²) in [5.41, 5.74) is 1.90. The van der Waals surface area contributed by atoms with Crippen molar-refractivity contribution in [3.63, 3.8) is 0 Å². The van der Waals surface area contributed by atoms with Crippen LogP contribution in [0, 0.1) is 0 Å². The van der Waals surface area contributed by atoms with E-state index in [1.807, 2.05) is 4.90 Å². The van der Waals surface area contributed by atoms with Gasteiger partial charge in [0.05, 0.1) is 16.8 Å². The minimum atomic E-state index is -0.325. The van der Waals surface area contributed by atoms with Crippen LogP contribution >= 0.6 is 0 Å². The molecule has 2 heterocycles. The fourth-order valence-corrected chi connectivity index (χ4v) is 3.28. The zero-order chi connectivity index (χ0) is 16.7. The highest BCUT2D eigenvalue weighted by Gasteiger charge is 2.36. The van der Waals surface area contributed by atoms with Crippen LogP contribution in [0.4, 0.5) is 5.69 Å². The molecule has 2 aromatic rings. The smallest absolute Gasteiger partial charge is 0.266 e. The number of imide groups is 1. The predicted octanol–water partition coefficient (Wildman–Crippen LogP) is 2.72. The lowest BCUT2D eigenvalue weighted by atomic mass is 10.1. The Morgan fingerprint density at radius 2 is 1.33 bits per heavy atom. The van der Waals surface area contributed by atoms with E-state index in [4.69, 9.17) is 0 Å². The van der Waals surface area contributed by atoms with Gasteiger partial charge in [-0.15, -0.1) is 0 Å². The van der Waals surface area contributed by atoms with Crippen molar-refractivity contribution in [2.24, 2.45) is 0 Å². The standard InChI is InChI=1S/C19H16N2O3/c22-17(20-11-3-4-12-20)13-7-9-14(10-8-13)21-18(23)15-5-1-2-6-16(15)19(21)24/h1-2,5-10H,3-4,11-12H2. The predicted molar refractivity (Wildman–Crippen MR) is 89.2 cm³/mol. The molecule has 0 aliphatic carbocycles. The first-order chi connectivity index (χ1) is 11.7. The lowest BCUT2D eigenvalue weighted by Gasteiger charge is -2.17. The van der Waals surface area contributed by atoms with Crippen molar-refractivity contribution in [2.45, 2.75) is 12.8 Å². The zero-order valence-electron chi connectivity index (χ0n) is 13.1. The lowest BCUT2D eigenvalue weighted by molar-refractivity contribution is 0.0792. The summed E-state index contributed by atoms with van der Waals surface area (Å²) in [6.45, 7) is 1.58. The number of hydrogen-bond acceptors (Lipinski definition) is 3. The average molecular weight is 320 g/mol. The van der Waals surface area contributed by atoms with E-state index >= 15 is 0 Å². The van der Waals surface area contributed by atoms with Gasteiger partial charge < -0.3 is 4.90 Å². The molecule has 5 heteroatoms. The Morgan fingerprint density at radius 1 is 0.792 bits per heavy atom. The van der Waals surface area contributed by atoms with Crippen LogP contribution in [0.25, 0.3) is 0 Å². The molecule has 0 saturated carbocycles. The number of nitrogens with zero attached hydrogens (tertiary/aromatic N) is 2. The van der Waals surface area contributed by atoms with Crippen molar-refractivity contribution in [1.29, 1.82) is 0 Å². The Kier molecular flexibility index (Phi) is 3.41. The van der Waals surface area contributed by atoms with Crippen molar-refractivity contribution in [3.05, 3.63) is 65.2 Å². The van der Waals surface area contributed by atoms with Gasteiger partial charge in [0.15, 0.2) is 0 Å². The molecule has 0 unspecified atom stereocenters. The number of rotatable bonds is 2. The first kappa shape index (κ1) is 14.6. The minimum absolute atomic E-state index is 0.00131. The summed E-state index contributed by atoms with van der Waals surface area (Å²) >= 11 is 0. The summed E-state index contributed by atoms with van der Waals surface area (Å²) in [5, 5.41) is 0. The Morgan fingerprint density at radius 3 is 1.88 bits per heavy atom. The molecule has 120 valence electrons. The molecule has 1 saturated heterocycles. The zero-order valence-corrected chi connectivity index (χ0v) is 13.1. The number of hydrogen-bond donors (Lipinski definition) is 0. The molecule has 0 atom stereocenters. The molecule has 0 radical (unpaired) electrons. The summed E-state index contributed by atoms with van der Waals surface area (Å²) in [6, 6.07) is 13.5. The van der Waals surface area contributed by atoms with Gasteiger partial charge in [-0.3, -0.25) is 14.4 Å². The molecular weight excluding hydrogens is 304 g/mol. The summed E-state index contributed by atoms with van der Waals surface area (Å²) in [4.78, 5) is 40.3. The molecule has 1 fully saturated rings. The van der Waals surface area contributed by atoms with E-state index in [0.29, 0.717) is 22.4 Å². The van der Waals surface area contributed by atoms with Crippen LogP contribution in [0.5, 0.6) is 0 Å². The number of fused-ring (bicyclic) bond motifs is 1. The van der Waals surface area contributed by atoms with Crippen LogP contribution in [-0.4, -0.2) is 35.7 Å². The number of anilines is 1. The van der Waals surface area contributed by atoms with E-state index in [1.165, 1.54) is 0 Å². The van der Waals surface area contributed by atoms with E-state index in [2.05, 4.69) is 0 Å². The van der Waals surface area contributed by atoms with Crippen molar-refractivity contribution in [3.8, 4) is 0 Å². The SMILES string of the molecule is O=C(c1ccc(N2C(=O)c3ccccc3C2=O)cc1)N1CCCC1. The van der Waals surface area contributed by atoms with E-state index < -0.39 is 0 Å². The second-order valence-electron chi connectivity index (χ2n) is 6.04. The molecular formula is C19H16N2O3. The topological polar surface area (TPSA) is 57.7 Å². The van der Waals surface area contributed by atoms with Gasteiger partial charge in [0.2, 0.25) is 0 Å². The van der Waals surface area contributed by atoms with Crippen molar-refractivity contribution < 1.29 is 14.4 Å². The first-order valence-electron chi connectivity index (χ1n) is 8.04. The van der Waals surface area contributed by atoms with E-state index in [1.54, 1.807) is 48.5 Å². The third kappa shape index (κ3) is 2.21. The quantitative estimate of drug-likeness (QED) is 0.800. The van der Waals surface area contributed by atoms with Gasteiger partial charge in [0, 0.05) is 18.7 Å². The maximum Gasteiger partial charge on any atom is 0.266 e. The third-order valence-electron chi connectivity index (χ3n) is 4.56. The maximum absolute atomic E-state index is 12.5. The van der Waals surface area contributed by atoms with Gasteiger partial charge >= 0.3 is 0 Å². The molecule has 0 spiro atoms. The number of benzene rings is 2. The molecule has 3 amide bonds. The molecule has 0 N–H and O–H groups in total. The Labute approximate surface area is 139 Å². The van der Waals surface area contributed by atoms with E-state index in [9.17, 15) is 14.4 Å². The summed E-state index contributed by atoms with van der Waals surface area (Å²) in [5.74, 6) is -0.648. The molecule has 2 aromatic carbocycles. The molecule has 2 aliphatic rings. The highest BCUT2D eigenvalue weighted by Crippen LogP contribution is 2.28. The molecule has 4 rings (SSSR count). The van der Waals surface area contributed by atoms with Crippen molar-refractivity contribution in [1.82, 2.24) is 4.90 Å². The number of amides is 3. The fraction of sp³-hybridized carbons (Fsp3) is 0.211. The van der Waals surface area contributed by atoms with Gasteiger partial charge in [0.25, 0.3) is 17.7 Å². The number of carbonyl (C=O) groups is 3. The van der Waals surface area contributed by atoms with Crippen LogP contribution in [0.1, 0.15) is 43.9 Å². The van der Waals surface area contributed by atoms with Crippen LogP contribution < -0.4 is 4.90 Å². The fourth-order valence-electron chi connectivity index (χ4n) is 3.28. The second kappa shape index (κ2) is 5.60. The Balaban J connectivity index is 1.61. The van der Waals surface area contributed by atoms with Crippen molar-refractivity contribution in [2.75, 3.05) is 18.0 Å². The molecule has 0 aromatic heterocycles. The Hall–Kier alpha value is -2.95. The summed E-state index contributed by atoms with van der Waals surface area (Å²) < 4.78 is 0. The minimum Gasteiger partial charge on any atom is -0.339 e.